The van der Waals surface area contributed by atoms with E-state index in [4.69, 9.17) is 18.9 Å². The van der Waals surface area contributed by atoms with Crippen LogP contribution in [0.1, 0.15) is 25.5 Å². The lowest BCUT2D eigenvalue weighted by Crippen LogP contribution is -2.34. The summed E-state index contributed by atoms with van der Waals surface area (Å²) >= 11 is 0. The Balaban J connectivity index is 3.34. The number of ether oxygens (including phenoxy) is 4. The van der Waals surface area contributed by atoms with Crippen molar-refractivity contribution in [2.75, 3.05) is 28.4 Å². The molecule has 0 saturated carbocycles. The normalized spacial score (nSPS) is 12.0. The lowest BCUT2D eigenvalue weighted by molar-refractivity contribution is -0.143. The SMILES string of the molecule is COC(=O)C(NC(C)C)c1cc(OC)c(OC)c(OC)c1. The van der Waals surface area contributed by atoms with Crippen LogP contribution >= 0.6 is 0 Å². The van der Waals surface area contributed by atoms with Crippen molar-refractivity contribution in [3.8, 4) is 17.2 Å². The van der Waals surface area contributed by atoms with E-state index in [1.54, 1.807) is 12.1 Å². The smallest absolute Gasteiger partial charge is 0.327 e. The highest BCUT2D eigenvalue weighted by Crippen LogP contribution is 2.39. The van der Waals surface area contributed by atoms with Crippen molar-refractivity contribution in [3.63, 3.8) is 0 Å². The van der Waals surface area contributed by atoms with Gasteiger partial charge in [-0.15, -0.1) is 0 Å². The molecule has 1 aromatic carbocycles. The van der Waals surface area contributed by atoms with E-state index in [-0.39, 0.29) is 12.0 Å². The third kappa shape index (κ3) is 4.01. The van der Waals surface area contributed by atoms with Gasteiger partial charge in [-0.05, 0) is 31.5 Å². The van der Waals surface area contributed by atoms with Gasteiger partial charge < -0.3 is 18.9 Å². The van der Waals surface area contributed by atoms with Gasteiger partial charge in [-0.1, -0.05) is 0 Å². The standard InChI is InChI=1S/C15H23NO5/c1-9(2)16-13(15(17)21-6)10-7-11(18-3)14(20-5)12(8-10)19-4/h7-9,13,16H,1-6H3. The first kappa shape index (κ1) is 17.1. The third-order valence-electron chi connectivity index (χ3n) is 2.96. The highest BCUT2D eigenvalue weighted by molar-refractivity contribution is 5.78. The molecule has 1 N–H and O–H groups in total. The van der Waals surface area contributed by atoms with Crippen molar-refractivity contribution in [2.45, 2.75) is 25.9 Å². The number of hydrogen-bond acceptors (Lipinski definition) is 6. The molecule has 6 nitrogen and oxygen atoms in total. The van der Waals surface area contributed by atoms with Gasteiger partial charge in [-0.25, -0.2) is 4.79 Å². The van der Waals surface area contributed by atoms with Crippen LogP contribution in [0.4, 0.5) is 0 Å². The zero-order chi connectivity index (χ0) is 16.0. The summed E-state index contributed by atoms with van der Waals surface area (Å²) in [6.07, 6.45) is 0. The number of hydrogen-bond donors (Lipinski definition) is 1. The Hall–Kier alpha value is -1.95. The first-order valence-corrected chi connectivity index (χ1v) is 6.62. The van der Waals surface area contributed by atoms with Crippen LogP contribution in [-0.4, -0.2) is 40.5 Å². The van der Waals surface area contributed by atoms with Crippen LogP contribution in [0.25, 0.3) is 0 Å². The first-order chi connectivity index (χ1) is 9.98. The lowest BCUT2D eigenvalue weighted by atomic mass is 10.0. The Morgan fingerprint density at radius 2 is 1.52 bits per heavy atom. The van der Waals surface area contributed by atoms with Crippen LogP contribution in [0.3, 0.4) is 0 Å². The van der Waals surface area contributed by atoms with Crippen LogP contribution in [0, 0.1) is 0 Å². The fourth-order valence-electron chi connectivity index (χ4n) is 2.02. The van der Waals surface area contributed by atoms with E-state index in [0.29, 0.717) is 22.8 Å². The van der Waals surface area contributed by atoms with E-state index in [0.717, 1.165) is 0 Å². The van der Waals surface area contributed by atoms with Crippen LogP contribution in [-0.2, 0) is 9.53 Å². The molecule has 0 bridgehead atoms. The highest BCUT2D eigenvalue weighted by atomic mass is 16.5. The first-order valence-electron chi connectivity index (χ1n) is 6.62. The number of carbonyl (C=O) groups excluding carboxylic acids is 1. The average molecular weight is 297 g/mol. The maximum atomic E-state index is 12.0. The molecule has 1 atom stereocenters. The van der Waals surface area contributed by atoms with Crippen molar-refractivity contribution in [2.24, 2.45) is 0 Å². The number of esters is 1. The second-order valence-electron chi connectivity index (χ2n) is 4.74. The molecule has 0 aliphatic heterocycles. The number of benzene rings is 1. The molecule has 21 heavy (non-hydrogen) atoms. The van der Waals surface area contributed by atoms with Crippen molar-refractivity contribution in [1.82, 2.24) is 5.32 Å². The van der Waals surface area contributed by atoms with Gasteiger partial charge in [-0.2, -0.15) is 0 Å². The number of rotatable bonds is 7. The summed E-state index contributed by atoms with van der Waals surface area (Å²) in [4.78, 5) is 12.0. The topological polar surface area (TPSA) is 66.0 Å². The van der Waals surface area contributed by atoms with E-state index < -0.39 is 6.04 Å². The Morgan fingerprint density at radius 1 is 1.00 bits per heavy atom. The van der Waals surface area contributed by atoms with Crippen LogP contribution in [0.2, 0.25) is 0 Å². The minimum absolute atomic E-state index is 0.105. The van der Waals surface area contributed by atoms with Gasteiger partial charge in [-0.3, -0.25) is 5.32 Å². The fourth-order valence-corrected chi connectivity index (χ4v) is 2.02. The van der Waals surface area contributed by atoms with Crippen LogP contribution < -0.4 is 19.5 Å². The van der Waals surface area contributed by atoms with E-state index >= 15 is 0 Å². The minimum atomic E-state index is -0.608. The van der Waals surface area contributed by atoms with Gasteiger partial charge >= 0.3 is 5.97 Å². The summed E-state index contributed by atoms with van der Waals surface area (Å²) in [6, 6.07) is 2.97. The molecule has 0 aliphatic carbocycles. The monoisotopic (exact) mass is 297 g/mol. The summed E-state index contributed by atoms with van der Waals surface area (Å²) in [5.41, 5.74) is 0.685. The molecule has 0 fully saturated rings. The molecular formula is C15H23NO5. The van der Waals surface area contributed by atoms with Crippen LogP contribution in [0.15, 0.2) is 12.1 Å². The lowest BCUT2D eigenvalue weighted by Gasteiger charge is -2.21. The van der Waals surface area contributed by atoms with E-state index in [1.165, 1.54) is 28.4 Å². The second kappa shape index (κ2) is 7.73. The molecule has 0 amide bonds. The van der Waals surface area contributed by atoms with Crippen molar-refractivity contribution in [3.05, 3.63) is 17.7 Å². The molecule has 0 saturated heterocycles. The summed E-state index contributed by atoms with van der Waals surface area (Å²) in [6.45, 7) is 3.90. The predicted octanol–water partition coefficient (Wildman–Crippen LogP) is 1.92. The third-order valence-corrected chi connectivity index (χ3v) is 2.96. The quantitative estimate of drug-likeness (QED) is 0.776. The van der Waals surface area contributed by atoms with Gasteiger partial charge in [0.25, 0.3) is 0 Å². The van der Waals surface area contributed by atoms with E-state index in [9.17, 15) is 4.79 Å². The van der Waals surface area contributed by atoms with Crippen molar-refractivity contribution >= 4 is 5.97 Å². The molecule has 0 heterocycles. The molecule has 0 aromatic heterocycles. The summed E-state index contributed by atoms with van der Waals surface area (Å²) in [5, 5.41) is 3.16. The largest absolute Gasteiger partial charge is 0.493 e. The molecule has 6 heteroatoms. The molecule has 0 radical (unpaired) electrons. The van der Waals surface area contributed by atoms with Crippen molar-refractivity contribution in [1.29, 1.82) is 0 Å². The van der Waals surface area contributed by atoms with Gasteiger partial charge in [0.15, 0.2) is 11.5 Å². The average Bonchev–Trinajstić information content (AvgIpc) is 2.49. The molecule has 1 aromatic rings. The molecule has 0 aliphatic rings. The molecule has 1 unspecified atom stereocenters. The second-order valence-corrected chi connectivity index (χ2v) is 4.74. The summed E-state index contributed by atoms with van der Waals surface area (Å²) in [5.74, 6) is 1.09. The number of methoxy groups -OCH3 is 4. The van der Waals surface area contributed by atoms with E-state index in [1.807, 2.05) is 13.8 Å². The summed E-state index contributed by atoms with van der Waals surface area (Å²) < 4.78 is 20.7. The Bertz CT molecular complexity index is 462. The Kier molecular flexibility index (Phi) is 6.30. The number of nitrogens with one attached hydrogen (secondary N) is 1. The molecule has 1 rings (SSSR count). The number of carbonyl (C=O) groups is 1. The molecule has 0 spiro atoms. The predicted molar refractivity (Wildman–Crippen MR) is 79.1 cm³/mol. The van der Waals surface area contributed by atoms with Gasteiger partial charge in [0, 0.05) is 6.04 Å². The summed E-state index contributed by atoms with van der Waals surface area (Å²) in [7, 11) is 5.95. The Morgan fingerprint density at radius 3 is 1.86 bits per heavy atom. The van der Waals surface area contributed by atoms with Crippen molar-refractivity contribution < 1.29 is 23.7 Å². The fraction of sp³-hybridized carbons (Fsp3) is 0.533. The zero-order valence-corrected chi connectivity index (χ0v) is 13.4. The van der Waals surface area contributed by atoms with Crippen LogP contribution in [0.5, 0.6) is 17.2 Å². The highest BCUT2D eigenvalue weighted by Gasteiger charge is 2.25. The molecule has 118 valence electrons. The minimum Gasteiger partial charge on any atom is -0.493 e. The van der Waals surface area contributed by atoms with E-state index in [2.05, 4.69) is 5.32 Å². The van der Waals surface area contributed by atoms with Gasteiger partial charge in [0.1, 0.15) is 6.04 Å². The maximum absolute atomic E-state index is 12.0. The molecular weight excluding hydrogens is 274 g/mol. The maximum Gasteiger partial charge on any atom is 0.327 e. The van der Waals surface area contributed by atoms with Gasteiger partial charge in [0.05, 0.1) is 28.4 Å². The Labute approximate surface area is 125 Å². The van der Waals surface area contributed by atoms with Gasteiger partial charge in [0.2, 0.25) is 5.75 Å². The zero-order valence-electron chi connectivity index (χ0n) is 13.4.